The highest BCUT2D eigenvalue weighted by Gasteiger charge is 2.32. The molecule has 1 amide bonds. The number of carbonyl (C=O) groups excluding carboxylic acids is 1. The number of hydrogen-bond acceptors (Lipinski definition) is 4. The van der Waals surface area contributed by atoms with Crippen molar-refractivity contribution < 1.29 is 13.2 Å². The molecule has 1 aromatic carbocycles. The summed E-state index contributed by atoms with van der Waals surface area (Å²) in [6.07, 6.45) is 0. The van der Waals surface area contributed by atoms with Crippen molar-refractivity contribution in [2.75, 3.05) is 32.7 Å². The van der Waals surface area contributed by atoms with Crippen LogP contribution in [0.25, 0.3) is 0 Å². The zero-order chi connectivity index (χ0) is 19.5. The summed E-state index contributed by atoms with van der Waals surface area (Å²) < 4.78 is 27.1. The molecule has 1 atom stereocenters. The summed E-state index contributed by atoms with van der Waals surface area (Å²) in [5.41, 5.74) is 0. The van der Waals surface area contributed by atoms with Crippen LogP contribution in [0.3, 0.4) is 0 Å². The summed E-state index contributed by atoms with van der Waals surface area (Å²) in [6, 6.07) is 4.11. The molecule has 0 aliphatic carbocycles. The van der Waals surface area contributed by atoms with Crippen LogP contribution in [0, 0.1) is 5.92 Å². The first-order chi connectivity index (χ1) is 12.1. The average Bonchev–Trinajstić information content (AvgIpc) is 2.61. The van der Waals surface area contributed by atoms with E-state index in [-0.39, 0.29) is 21.9 Å². The maximum Gasteiger partial charge on any atom is 0.244 e. The number of piperazine rings is 1. The molecule has 9 heteroatoms. The van der Waals surface area contributed by atoms with E-state index in [1.54, 1.807) is 6.07 Å². The van der Waals surface area contributed by atoms with E-state index in [1.165, 1.54) is 16.4 Å². The number of carbonyl (C=O) groups is 1. The molecule has 2 rings (SSSR count). The third-order valence-corrected chi connectivity index (χ3v) is 7.01. The summed E-state index contributed by atoms with van der Waals surface area (Å²) in [6.45, 7) is 8.10. The van der Waals surface area contributed by atoms with Gasteiger partial charge in [-0.15, -0.1) is 0 Å². The molecule has 1 heterocycles. The van der Waals surface area contributed by atoms with Crippen LogP contribution in [0.1, 0.15) is 20.8 Å². The number of benzene rings is 1. The third kappa shape index (κ3) is 5.10. The highest BCUT2D eigenvalue weighted by Crippen LogP contribution is 2.28. The van der Waals surface area contributed by atoms with Gasteiger partial charge >= 0.3 is 0 Å². The number of sulfonamides is 1. The van der Waals surface area contributed by atoms with Gasteiger partial charge < -0.3 is 5.32 Å². The minimum atomic E-state index is -3.72. The van der Waals surface area contributed by atoms with Gasteiger partial charge in [-0.1, -0.05) is 37.0 Å². The second kappa shape index (κ2) is 8.89. The molecule has 1 aromatic rings. The van der Waals surface area contributed by atoms with Crippen LogP contribution in [-0.4, -0.2) is 62.3 Å². The number of rotatable bonds is 6. The van der Waals surface area contributed by atoms with Crippen LogP contribution in [0.4, 0.5) is 0 Å². The van der Waals surface area contributed by atoms with Gasteiger partial charge in [-0.2, -0.15) is 4.31 Å². The van der Waals surface area contributed by atoms with Crippen LogP contribution in [0.15, 0.2) is 23.1 Å². The molecule has 0 aromatic heterocycles. The van der Waals surface area contributed by atoms with Crippen molar-refractivity contribution in [1.29, 1.82) is 0 Å². The molecule has 1 N–H and O–H groups in total. The quantitative estimate of drug-likeness (QED) is 0.765. The van der Waals surface area contributed by atoms with Crippen LogP contribution in [-0.2, 0) is 14.8 Å². The van der Waals surface area contributed by atoms with Gasteiger partial charge in [0, 0.05) is 37.7 Å². The molecule has 1 fully saturated rings. The van der Waals surface area contributed by atoms with Gasteiger partial charge in [0.25, 0.3) is 0 Å². The molecular formula is C17H25Cl2N3O3S. The minimum Gasteiger partial charge on any atom is -0.354 e. The van der Waals surface area contributed by atoms with Gasteiger partial charge in [-0.25, -0.2) is 8.42 Å². The zero-order valence-corrected chi connectivity index (χ0v) is 17.5. The summed E-state index contributed by atoms with van der Waals surface area (Å²) in [5.74, 6) is 0.350. The second-order valence-electron chi connectivity index (χ2n) is 6.83. The number of nitrogens with one attached hydrogen (secondary N) is 1. The van der Waals surface area contributed by atoms with Crippen LogP contribution < -0.4 is 5.32 Å². The maximum absolute atomic E-state index is 12.8. The monoisotopic (exact) mass is 421 g/mol. The Hall–Kier alpha value is -0.860. The van der Waals surface area contributed by atoms with Crippen LogP contribution in [0.5, 0.6) is 0 Å². The fourth-order valence-electron chi connectivity index (χ4n) is 2.76. The molecule has 1 saturated heterocycles. The topological polar surface area (TPSA) is 69.7 Å². The summed E-state index contributed by atoms with van der Waals surface area (Å²) in [5, 5.41) is 3.39. The van der Waals surface area contributed by atoms with E-state index < -0.39 is 10.0 Å². The molecule has 1 aliphatic rings. The zero-order valence-electron chi connectivity index (χ0n) is 15.2. The number of halogens is 2. The van der Waals surface area contributed by atoms with Crippen molar-refractivity contribution in [2.24, 2.45) is 5.92 Å². The Morgan fingerprint density at radius 3 is 2.35 bits per heavy atom. The minimum absolute atomic E-state index is 0.0165. The fraction of sp³-hybridized carbons (Fsp3) is 0.588. The highest BCUT2D eigenvalue weighted by molar-refractivity contribution is 7.89. The van der Waals surface area contributed by atoms with Gasteiger partial charge in [0.2, 0.25) is 15.9 Å². The fourth-order valence-corrected chi connectivity index (χ4v) is 4.92. The molecule has 0 saturated carbocycles. The number of hydrogen-bond donors (Lipinski definition) is 1. The molecule has 0 bridgehead atoms. The Balaban J connectivity index is 2.01. The lowest BCUT2D eigenvalue weighted by Gasteiger charge is -2.36. The van der Waals surface area contributed by atoms with Crippen molar-refractivity contribution in [1.82, 2.24) is 14.5 Å². The van der Waals surface area contributed by atoms with Crippen molar-refractivity contribution in [2.45, 2.75) is 31.7 Å². The Morgan fingerprint density at radius 1 is 1.15 bits per heavy atom. The molecular weight excluding hydrogens is 397 g/mol. The van der Waals surface area contributed by atoms with Gasteiger partial charge in [-0.3, -0.25) is 9.69 Å². The Bertz CT molecular complexity index is 748. The molecule has 0 radical (unpaired) electrons. The predicted molar refractivity (Wildman–Crippen MR) is 104 cm³/mol. The van der Waals surface area contributed by atoms with Crippen LogP contribution in [0.2, 0.25) is 10.0 Å². The van der Waals surface area contributed by atoms with E-state index in [0.29, 0.717) is 43.7 Å². The molecule has 1 unspecified atom stereocenters. The van der Waals surface area contributed by atoms with Gasteiger partial charge in [0.1, 0.15) is 4.90 Å². The molecule has 6 nitrogen and oxygen atoms in total. The molecule has 146 valence electrons. The number of amides is 1. The predicted octanol–water partition coefficient (Wildman–Crippen LogP) is 2.46. The lowest BCUT2D eigenvalue weighted by atomic mass is 10.2. The average molecular weight is 422 g/mol. The van der Waals surface area contributed by atoms with Crippen molar-refractivity contribution in [3.63, 3.8) is 0 Å². The Morgan fingerprint density at radius 2 is 1.77 bits per heavy atom. The van der Waals surface area contributed by atoms with E-state index in [1.807, 2.05) is 25.7 Å². The molecule has 0 spiro atoms. The largest absolute Gasteiger partial charge is 0.354 e. The second-order valence-corrected chi connectivity index (χ2v) is 9.58. The lowest BCUT2D eigenvalue weighted by molar-refractivity contribution is -0.126. The maximum atomic E-state index is 12.8. The SMILES string of the molecule is CC(C)CNC(=O)C(C)N1CCN(S(=O)(=O)c2cc(Cl)ccc2Cl)CC1. The first-order valence-electron chi connectivity index (χ1n) is 8.60. The normalized spacial score (nSPS) is 18.1. The molecule has 26 heavy (non-hydrogen) atoms. The van der Waals surface area contributed by atoms with E-state index >= 15 is 0 Å². The first kappa shape index (κ1) is 21.4. The van der Waals surface area contributed by atoms with E-state index in [9.17, 15) is 13.2 Å². The third-order valence-electron chi connectivity index (χ3n) is 4.40. The van der Waals surface area contributed by atoms with E-state index in [0.717, 1.165) is 0 Å². The summed E-state index contributed by atoms with van der Waals surface area (Å²) in [7, 11) is -3.72. The highest BCUT2D eigenvalue weighted by atomic mass is 35.5. The lowest BCUT2D eigenvalue weighted by Crippen LogP contribution is -2.55. The van der Waals surface area contributed by atoms with Gasteiger partial charge in [0.05, 0.1) is 11.1 Å². The van der Waals surface area contributed by atoms with Crippen molar-refractivity contribution >= 4 is 39.1 Å². The smallest absolute Gasteiger partial charge is 0.244 e. The van der Waals surface area contributed by atoms with E-state index in [2.05, 4.69) is 5.32 Å². The molecule has 1 aliphatic heterocycles. The first-order valence-corrected chi connectivity index (χ1v) is 10.8. The van der Waals surface area contributed by atoms with Crippen molar-refractivity contribution in [3.05, 3.63) is 28.2 Å². The Labute approximate surface area is 165 Å². The van der Waals surface area contributed by atoms with Gasteiger partial charge in [-0.05, 0) is 31.0 Å². The summed E-state index contributed by atoms with van der Waals surface area (Å²) >= 11 is 12.0. The Kier molecular flexibility index (Phi) is 7.33. The van der Waals surface area contributed by atoms with Crippen LogP contribution >= 0.6 is 23.2 Å². The number of nitrogens with zero attached hydrogens (tertiary/aromatic N) is 2. The van der Waals surface area contributed by atoms with Crippen molar-refractivity contribution in [3.8, 4) is 0 Å². The van der Waals surface area contributed by atoms with Gasteiger partial charge in [0.15, 0.2) is 0 Å². The van der Waals surface area contributed by atoms with E-state index in [4.69, 9.17) is 23.2 Å². The summed E-state index contributed by atoms with van der Waals surface area (Å²) in [4.78, 5) is 14.2. The standard InChI is InChI=1S/C17H25Cl2N3O3S/c1-12(2)11-20-17(23)13(3)21-6-8-22(9-7-21)26(24,25)16-10-14(18)4-5-15(16)19/h4-5,10,12-13H,6-9,11H2,1-3H3,(H,20,23).